The van der Waals surface area contributed by atoms with Crippen LogP contribution in [0.2, 0.25) is 0 Å². The maximum Gasteiger partial charge on any atom is 0.265 e. The molecule has 8 nitrogen and oxygen atoms in total. The highest BCUT2D eigenvalue weighted by molar-refractivity contribution is 7.89. The summed E-state index contributed by atoms with van der Waals surface area (Å²) in [6.45, 7) is 2.78. The molecule has 1 aromatic rings. The summed E-state index contributed by atoms with van der Waals surface area (Å²) < 4.78 is 24.3. The Hall–Kier alpha value is -1.39. The zero-order valence-corrected chi connectivity index (χ0v) is 14.0. The maximum atomic E-state index is 12.0. The summed E-state index contributed by atoms with van der Waals surface area (Å²) in [5.74, 6) is -0.430. The normalized spacial score (nSPS) is 11.6. The number of aromatic nitrogens is 1. The standard InChI is InChI=1S/C11H21N5O3S2/c1-4-5-14-11-15-9(12)8(20-11)10(17)13-6-7-21(18,19)16(2)3/h4-7,12H2,1-3H3,(H,13,17)(H,14,15). The van der Waals surface area contributed by atoms with Gasteiger partial charge in [0.2, 0.25) is 10.0 Å². The number of rotatable bonds is 8. The average molecular weight is 335 g/mol. The minimum absolute atomic E-state index is 0.0222. The van der Waals surface area contributed by atoms with Crippen LogP contribution >= 0.6 is 11.3 Å². The lowest BCUT2D eigenvalue weighted by atomic mass is 10.4. The van der Waals surface area contributed by atoms with Gasteiger partial charge in [-0.05, 0) is 6.42 Å². The van der Waals surface area contributed by atoms with Crippen LogP contribution in [-0.4, -0.2) is 56.6 Å². The molecular weight excluding hydrogens is 314 g/mol. The van der Waals surface area contributed by atoms with E-state index in [1.54, 1.807) is 0 Å². The Balaban J connectivity index is 2.58. The predicted octanol–water partition coefficient (Wildman–Crippen LogP) is 0.168. The van der Waals surface area contributed by atoms with Gasteiger partial charge in [0.25, 0.3) is 5.91 Å². The second kappa shape index (κ2) is 7.57. The number of nitrogens with two attached hydrogens (primary N) is 1. The molecule has 1 heterocycles. The molecule has 4 N–H and O–H groups in total. The van der Waals surface area contributed by atoms with E-state index in [0.717, 1.165) is 28.6 Å². The van der Waals surface area contributed by atoms with Crippen molar-refractivity contribution in [3.05, 3.63) is 4.88 Å². The number of hydrogen-bond donors (Lipinski definition) is 3. The molecule has 0 aliphatic rings. The molecular formula is C11H21N5O3S2. The molecule has 1 aromatic heterocycles. The van der Waals surface area contributed by atoms with Crippen molar-refractivity contribution in [2.24, 2.45) is 0 Å². The molecule has 0 saturated heterocycles. The van der Waals surface area contributed by atoms with Crippen LogP contribution < -0.4 is 16.4 Å². The molecule has 0 fully saturated rings. The van der Waals surface area contributed by atoms with E-state index < -0.39 is 15.9 Å². The van der Waals surface area contributed by atoms with Gasteiger partial charge in [0.1, 0.15) is 10.7 Å². The van der Waals surface area contributed by atoms with E-state index in [1.807, 2.05) is 6.92 Å². The minimum atomic E-state index is -3.33. The van der Waals surface area contributed by atoms with Crippen molar-refractivity contribution in [1.29, 1.82) is 0 Å². The smallest absolute Gasteiger partial charge is 0.265 e. The van der Waals surface area contributed by atoms with E-state index in [9.17, 15) is 13.2 Å². The number of anilines is 2. The van der Waals surface area contributed by atoms with E-state index >= 15 is 0 Å². The van der Waals surface area contributed by atoms with Gasteiger partial charge in [0.05, 0.1) is 5.75 Å². The first kappa shape index (κ1) is 17.7. The highest BCUT2D eigenvalue weighted by Crippen LogP contribution is 2.24. The molecule has 0 bridgehead atoms. The summed E-state index contributed by atoms with van der Waals surface area (Å²) in [5, 5.41) is 6.17. The SMILES string of the molecule is CCCNc1nc(N)c(C(=O)NCCS(=O)(=O)N(C)C)s1. The van der Waals surface area contributed by atoms with Gasteiger partial charge in [0.15, 0.2) is 5.13 Å². The Morgan fingerprint density at radius 3 is 2.62 bits per heavy atom. The molecule has 0 saturated carbocycles. The number of carbonyl (C=O) groups excluding carboxylic acids is 1. The van der Waals surface area contributed by atoms with Crippen LogP contribution in [0, 0.1) is 0 Å². The number of amides is 1. The maximum absolute atomic E-state index is 12.0. The molecule has 0 aromatic carbocycles. The third-order valence-corrected chi connectivity index (χ3v) is 5.45. The van der Waals surface area contributed by atoms with Gasteiger partial charge < -0.3 is 16.4 Å². The highest BCUT2D eigenvalue weighted by Gasteiger charge is 2.18. The van der Waals surface area contributed by atoms with Crippen LogP contribution in [0.15, 0.2) is 0 Å². The fraction of sp³-hybridized carbons (Fsp3) is 0.636. The molecule has 21 heavy (non-hydrogen) atoms. The highest BCUT2D eigenvalue weighted by atomic mass is 32.2. The molecule has 0 unspecified atom stereocenters. The summed E-state index contributed by atoms with van der Waals surface area (Å²) >= 11 is 1.15. The molecule has 0 spiro atoms. The van der Waals surface area contributed by atoms with Crippen LogP contribution in [0.4, 0.5) is 10.9 Å². The first-order valence-corrected chi connectivity index (χ1v) is 8.89. The van der Waals surface area contributed by atoms with Crippen LogP contribution in [0.3, 0.4) is 0 Å². The van der Waals surface area contributed by atoms with Crippen molar-refractivity contribution in [2.75, 3.05) is 44.0 Å². The van der Waals surface area contributed by atoms with Gasteiger partial charge in [0, 0.05) is 27.2 Å². The Morgan fingerprint density at radius 2 is 2.05 bits per heavy atom. The number of thiazole rings is 1. The van der Waals surface area contributed by atoms with Gasteiger partial charge in [-0.2, -0.15) is 0 Å². The van der Waals surface area contributed by atoms with E-state index in [4.69, 9.17) is 5.73 Å². The molecule has 120 valence electrons. The number of nitrogens with one attached hydrogen (secondary N) is 2. The lowest BCUT2D eigenvalue weighted by molar-refractivity contribution is 0.0960. The van der Waals surface area contributed by atoms with Crippen molar-refractivity contribution in [2.45, 2.75) is 13.3 Å². The number of hydrogen-bond acceptors (Lipinski definition) is 7. The Morgan fingerprint density at radius 1 is 1.38 bits per heavy atom. The van der Waals surface area contributed by atoms with Crippen LogP contribution in [-0.2, 0) is 10.0 Å². The van der Waals surface area contributed by atoms with Crippen LogP contribution in [0.25, 0.3) is 0 Å². The number of nitrogens with zero attached hydrogens (tertiary/aromatic N) is 2. The zero-order valence-electron chi connectivity index (χ0n) is 12.3. The van der Waals surface area contributed by atoms with Crippen molar-refractivity contribution in [3.63, 3.8) is 0 Å². The van der Waals surface area contributed by atoms with Gasteiger partial charge in [-0.25, -0.2) is 17.7 Å². The first-order chi connectivity index (χ1) is 9.77. The van der Waals surface area contributed by atoms with Gasteiger partial charge in [-0.1, -0.05) is 18.3 Å². The second-order valence-electron chi connectivity index (χ2n) is 4.51. The summed E-state index contributed by atoms with van der Waals surface area (Å²) in [7, 11) is -0.433. The summed E-state index contributed by atoms with van der Waals surface area (Å²) in [4.78, 5) is 16.3. The second-order valence-corrected chi connectivity index (χ2v) is 7.82. The van der Waals surface area contributed by atoms with E-state index in [0.29, 0.717) is 5.13 Å². The fourth-order valence-corrected chi connectivity index (χ4v) is 2.91. The molecule has 0 atom stereocenters. The number of carbonyl (C=O) groups is 1. The number of nitrogen functional groups attached to an aromatic ring is 1. The van der Waals surface area contributed by atoms with E-state index in [1.165, 1.54) is 14.1 Å². The lowest BCUT2D eigenvalue weighted by Crippen LogP contribution is -2.33. The quantitative estimate of drug-likeness (QED) is 0.623. The molecule has 1 rings (SSSR count). The van der Waals surface area contributed by atoms with Gasteiger partial charge >= 0.3 is 0 Å². The Kier molecular flexibility index (Phi) is 6.37. The Labute approximate surface area is 128 Å². The van der Waals surface area contributed by atoms with Crippen molar-refractivity contribution in [3.8, 4) is 0 Å². The monoisotopic (exact) mass is 335 g/mol. The minimum Gasteiger partial charge on any atom is -0.382 e. The predicted molar refractivity (Wildman–Crippen MR) is 85.1 cm³/mol. The zero-order chi connectivity index (χ0) is 16.0. The van der Waals surface area contributed by atoms with Crippen LogP contribution in [0.5, 0.6) is 0 Å². The average Bonchev–Trinajstić information content (AvgIpc) is 2.77. The van der Waals surface area contributed by atoms with E-state index in [-0.39, 0.29) is 23.0 Å². The molecule has 0 aliphatic heterocycles. The summed E-state index contributed by atoms with van der Waals surface area (Å²) in [6.07, 6.45) is 0.934. The lowest BCUT2D eigenvalue weighted by Gasteiger charge is -2.11. The molecule has 0 aliphatic carbocycles. The fourth-order valence-electron chi connectivity index (χ4n) is 1.36. The largest absolute Gasteiger partial charge is 0.382 e. The summed E-state index contributed by atoms with van der Waals surface area (Å²) in [6, 6.07) is 0. The van der Waals surface area contributed by atoms with Crippen molar-refractivity contribution in [1.82, 2.24) is 14.6 Å². The topological polar surface area (TPSA) is 117 Å². The van der Waals surface area contributed by atoms with Gasteiger partial charge in [-0.3, -0.25) is 4.79 Å². The first-order valence-electron chi connectivity index (χ1n) is 6.46. The summed E-state index contributed by atoms with van der Waals surface area (Å²) in [5.41, 5.74) is 5.69. The third kappa shape index (κ3) is 5.14. The van der Waals surface area contributed by atoms with Crippen molar-refractivity contribution < 1.29 is 13.2 Å². The Bertz CT molecular complexity index is 583. The van der Waals surface area contributed by atoms with Crippen LogP contribution in [0.1, 0.15) is 23.0 Å². The number of sulfonamides is 1. The van der Waals surface area contributed by atoms with Crippen molar-refractivity contribution >= 4 is 38.2 Å². The molecule has 1 amide bonds. The van der Waals surface area contributed by atoms with E-state index in [2.05, 4.69) is 15.6 Å². The molecule has 10 heteroatoms. The van der Waals surface area contributed by atoms with Gasteiger partial charge in [-0.15, -0.1) is 0 Å². The third-order valence-electron chi connectivity index (χ3n) is 2.59. The molecule has 0 radical (unpaired) electrons.